The number of carboxylic acid groups (broad SMARTS) is 1. The predicted molar refractivity (Wildman–Crippen MR) is 43.3 cm³/mol. The maximum atomic E-state index is 10.2. The fraction of sp³-hybridized carbons (Fsp3) is 0. The number of carboxylic acids is 1. The van der Waals surface area contributed by atoms with Crippen molar-refractivity contribution in [1.29, 1.82) is 0 Å². The Labute approximate surface area is 94.2 Å². The summed E-state index contributed by atoms with van der Waals surface area (Å²) in [6.45, 7) is 7.00. The molecular formula is C9H9NaO2. The van der Waals surface area contributed by atoms with Gasteiger partial charge in [0.15, 0.2) is 0 Å². The second-order valence-electron chi connectivity index (χ2n) is 1.67. The molecule has 0 saturated carbocycles. The second-order valence-corrected chi connectivity index (χ2v) is 1.67. The SMILES string of the molecule is O=C(O)c1ccccc1.[CH-]=C.[Na+]. The minimum absolute atomic E-state index is 0. The first kappa shape index (κ1) is 14.0. The largest absolute Gasteiger partial charge is 1.00 e. The Kier molecular flexibility index (Phi) is 9.93. The second kappa shape index (κ2) is 8.53. The molecule has 0 atom stereocenters. The van der Waals surface area contributed by atoms with Crippen LogP contribution >= 0.6 is 0 Å². The molecule has 0 unspecified atom stereocenters. The van der Waals surface area contributed by atoms with E-state index in [-0.39, 0.29) is 29.6 Å². The quantitative estimate of drug-likeness (QED) is 0.435. The minimum Gasteiger partial charge on any atom is -0.521 e. The maximum absolute atomic E-state index is 10.2. The Morgan fingerprint density at radius 3 is 1.92 bits per heavy atom. The molecule has 0 spiro atoms. The topological polar surface area (TPSA) is 37.3 Å². The molecule has 0 aliphatic heterocycles. The van der Waals surface area contributed by atoms with Crippen LogP contribution in [0, 0.1) is 6.58 Å². The first-order valence-corrected chi connectivity index (χ1v) is 3.00. The molecular weight excluding hydrogens is 163 g/mol. The van der Waals surface area contributed by atoms with Gasteiger partial charge in [0.1, 0.15) is 0 Å². The Morgan fingerprint density at radius 1 is 1.25 bits per heavy atom. The normalized spacial score (nSPS) is 7.00. The molecule has 0 saturated heterocycles. The smallest absolute Gasteiger partial charge is 0.521 e. The van der Waals surface area contributed by atoms with E-state index < -0.39 is 5.97 Å². The third-order valence-electron chi connectivity index (χ3n) is 1.02. The van der Waals surface area contributed by atoms with Gasteiger partial charge in [0.25, 0.3) is 0 Å². The third kappa shape index (κ3) is 5.13. The van der Waals surface area contributed by atoms with E-state index in [9.17, 15) is 4.79 Å². The molecule has 0 bridgehead atoms. The van der Waals surface area contributed by atoms with Crippen molar-refractivity contribution in [1.82, 2.24) is 0 Å². The van der Waals surface area contributed by atoms with E-state index in [1.54, 1.807) is 30.3 Å². The van der Waals surface area contributed by atoms with Crippen molar-refractivity contribution in [3.05, 3.63) is 49.1 Å². The van der Waals surface area contributed by atoms with E-state index in [0.717, 1.165) is 0 Å². The van der Waals surface area contributed by atoms with Crippen LogP contribution in [-0.4, -0.2) is 11.1 Å². The molecule has 2 nitrogen and oxygen atoms in total. The monoisotopic (exact) mass is 172 g/mol. The van der Waals surface area contributed by atoms with Crippen LogP contribution < -0.4 is 29.6 Å². The Bertz CT molecular complexity index is 221. The summed E-state index contributed by atoms with van der Waals surface area (Å²) in [5.74, 6) is -0.879. The molecule has 0 amide bonds. The van der Waals surface area contributed by atoms with Gasteiger partial charge in [-0.15, -0.1) is 0 Å². The summed E-state index contributed by atoms with van der Waals surface area (Å²) in [5, 5.41) is 8.38. The number of hydrogen-bond donors (Lipinski definition) is 1. The first-order chi connectivity index (χ1) is 5.30. The van der Waals surface area contributed by atoms with Crippen molar-refractivity contribution in [3.8, 4) is 0 Å². The van der Waals surface area contributed by atoms with Crippen molar-refractivity contribution in [2.24, 2.45) is 0 Å². The Balaban J connectivity index is 0. The van der Waals surface area contributed by atoms with Crippen LogP contribution in [0.2, 0.25) is 0 Å². The van der Waals surface area contributed by atoms with Gasteiger partial charge in [0.2, 0.25) is 0 Å². The van der Waals surface area contributed by atoms with Gasteiger partial charge in [-0.2, -0.15) is 0 Å². The molecule has 0 aliphatic carbocycles. The fourth-order valence-corrected chi connectivity index (χ4v) is 0.581. The predicted octanol–water partition coefficient (Wildman–Crippen LogP) is -1.01. The maximum Gasteiger partial charge on any atom is 1.00 e. The van der Waals surface area contributed by atoms with Crippen LogP contribution in [0.4, 0.5) is 0 Å². The van der Waals surface area contributed by atoms with E-state index in [1.807, 2.05) is 0 Å². The molecule has 0 heterocycles. The van der Waals surface area contributed by atoms with E-state index in [0.29, 0.717) is 5.56 Å². The molecule has 0 radical (unpaired) electrons. The molecule has 3 heteroatoms. The summed E-state index contributed by atoms with van der Waals surface area (Å²) in [6.07, 6.45) is 0. The summed E-state index contributed by atoms with van der Waals surface area (Å²) in [5.41, 5.74) is 0.331. The zero-order valence-electron chi connectivity index (χ0n) is 7.03. The number of aromatic carboxylic acids is 1. The van der Waals surface area contributed by atoms with Crippen LogP contribution in [0.1, 0.15) is 10.4 Å². The Morgan fingerprint density at radius 2 is 1.67 bits per heavy atom. The third-order valence-corrected chi connectivity index (χ3v) is 1.02. The molecule has 12 heavy (non-hydrogen) atoms. The molecule has 0 aliphatic rings. The fourth-order valence-electron chi connectivity index (χ4n) is 0.581. The van der Waals surface area contributed by atoms with Gasteiger partial charge < -0.3 is 11.7 Å². The summed E-state index contributed by atoms with van der Waals surface area (Å²) in [6, 6.07) is 8.30. The van der Waals surface area contributed by atoms with E-state index in [4.69, 9.17) is 5.11 Å². The van der Waals surface area contributed by atoms with Crippen LogP contribution in [0.5, 0.6) is 0 Å². The van der Waals surface area contributed by atoms with Crippen molar-refractivity contribution in [2.75, 3.05) is 0 Å². The Hall–Kier alpha value is -0.570. The van der Waals surface area contributed by atoms with Crippen LogP contribution in [0.15, 0.2) is 36.9 Å². The number of rotatable bonds is 1. The molecule has 1 rings (SSSR count). The summed E-state index contributed by atoms with van der Waals surface area (Å²) >= 11 is 0. The van der Waals surface area contributed by atoms with E-state index in [2.05, 4.69) is 13.2 Å². The van der Waals surface area contributed by atoms with Crippen LogP contribution in [0.3, 0.4) is 0 Å². The van der Waals surface area contributed by atoms with Crippen LogP contribution in [-0.2, 0) is 0 Å². The standard InChI is InChI=1S/C7H6O2.C2H3.Na/c8-7(9)6-4-2-1-3-5-6;1-2;/h1-5H,(H,8,9);1H,2H2;/q;-1;+1. The van der Waals surface area contributed by atoms with Crippen LogP contribution in [0.25, 0.3) is 0 Å². The van der Waals surface area contributed by atoms with E-state index >= 15 is 0 Å². The zero-order chi connectivity index (χ0) is 8.69. The van der Waals surface area contributed by atoms with Gasteiger partial charge in [-0.05, 0) is 12.1 Å². The molecule has 58 valence electrons. The van der Waals surface area contributed by atoms with Gasteiger partial charge >= 0.3 is 35.5 Å². The average Bonchev–Trinajstić information content (AvgIpc) is 2.10. The van der Waals surface area contributed by atoms with Gasteiger partial charge in [0, 0.05) is 0 Å². The number of benzene rings is 1. The minimum atomic E-state index is -0.879. The zero-order valence-corrected chi connectivity index (χ0v) is 9.03. The first-order valence-electron chi connectivity index (χ1n) is 3.00. The summed E-state index contributed by atoms with van der Waals surface area (Å²) in [4.78, 5) is 10.2. The van der Waals surface area contributed by atoms with Crippen molar-refractivity contribution in [2.45, 2.75) is 0 Å². The molecule has 0 fully saturated rings. The van der Waals surface area contributed by atoms with Crippen molar-refractivity contribution >= 4 is 5.97 Å². The van der Waals surface area contributed by atoms with Gasteiger partial charge in [-0.25, -0.2) is 4.79 Å². The van der Waals surface area contributed by atoms with Gasteiger partial charge in [0.05, 0.1) is 5.56 Å². The van der Waals surface area contributed by atoms with Gasteiger partial charge in [-0.3, -0.25) is 6.58 Å². The summed E-state index contributed by atoms with van der Waals surface area (Å²) in [7, 11) is 0. The molecule has 1 aromatic carbocycles. The summed E-state index contributed by atoms with van der Waals surface area (Å²) < 4.78 is 0. The van der Waals surface area contributed by atoms with Crippen molar-refractivity contribution < 1.29 is 39.5 Å². The van der Waals surface area contributed by atoms with Gasteiger partial charge in [-0.1, -0.05) is 18.2 Å². The van der Waals surface area contributed by atoms with Crippen molar-refractivity contribution in [3.63, 3.8) is 0 Å². The average molecular weight is 172 g/mol. The molecule has 1 N–H and O–H groups in total. The molecule has 0 aromatic heterocycles. The number of hydrogen-bond acceptors (Lipinski definition) is 1. The van der Waals surface area contributed by atoms with E-state index in [1.165, 1.54) is 0 Å². The number of carbonyl (C=O) groups is 1. The molecule has 1 aromatic rings.